The molecule has 5 heteroatoms. The molecule has 1 aromatic carbocycles. The summed E-state index contributed by atoms with van der Waals surface area (Å²) >= 11 is 2.79. The van der Waals surface area contributed by atoms with Crippen molar-refractivity contribution < 1.29 is 14.3 Å². The van der Waals surface area contributed by atoms with Crippen molar-refractivity contribution in [2.24, 2.45) is 0 Å². The molecule has 0 aromatic heterocycles. The van der Waals surface area contributed by atoms with Gasteiger partial charge in [0, 0.05) is 22.5 Å². The molecule has 0 bridgehead atoms. The van der Waals surface area contributed by atoms with Gasteiger partial charge >= 0.3 is 0 Å². The van der Waals surface area contributed by atoms with Crippen molar-refractivity contribution in [3.8, 4) is 11.5 Å². The van der Waals surface area contributed by atoms with E-state index in [1.54, 1.807) is 0 Å². The van der Waals surface area contributed by atoms with E-state index in [0.717, 1.165) is 17.1 Å². The second kappa shape index (κ2) is 3.88. The van der Waals surface area contributed by atoms with Crippen LogP contribution in [0.5, 0.6) is 11.5 Å². The molecule has 0 saturated carbocycles. The number of fused-ring (bicyclic) bond motifs is 1. The van der Waals surface area contributed by atoms with E-state index in [-0.39, 0.29) is 11.6 Å². The molecule has 0 atom stereocenters. The lowest BCUT2D eigenvalue weighted by Gasteiger charge is -2.02. The maximum absolute atomic E-state index is 10.6. The summed E-state index contributed by atoms with van der Waals surface area (Å²) in [6.07, 6.45) is 0. The lowest BCUT2D eigenvalue weighted by Crippen LogP contribution is -2.14. The summed E-state index contributed by atoms with van der Waals surface area (Å²) in [5.41, 5.74) is 0.974. The predicted molar refractivity (Wildman–Crippen MR) is 53.7 cm³/mol. The van der Waals surface area contributed by atoms with Crippen molar-refractivity contribution >= 4 is 20.7 Å². The Bertz CT molecular complexity index is 367. The molecule has 0 saturated heterocycles. The van der Waals surface area contributed by atoms with E-state index < -0.39 is 0 Å². The van der Waals surface area contributed by atoms with Crippen LogP contribution in [0.4, 0.5) is 4.79 Å². The first-order valence-electron chi connectivity index (χ1n) is 4.07. The van der Waals surface area contributed by atoms with Gasteiger partial charge in [0.15, 0.2) is 11.5 Å². The highest BCUT2D eigenvalue weighted by atomic mass is 79.9. The zero-order valence-electron chi connectivity index (χ0n) is 7.25. The molecule has 14 heavy (non-hydrogen) atoms. The predicted octanol–water partition coefficient (Wildman–Crippen LogP) is 2.02. The fraction of sp³-hybridized carbons (Fsp3) is 0.222. The van der Waals surface area contributed by atoms with Crippen LogP contribution in [0.25, 0.3) is 0 Å². The molecule has 4 nitrogen and oxygen atoms in total. The van der Waals surface area contributed by atoms with Gasteiger partial charge in [-0.25, -0.2) is 0 Å². The molecule has 0 radical (unpaired) electrons. The first-order valence-corrected chi connectivity index (χ1v) is 4.87. The van der Waals surface area contributed by atoms with Gasteiger partial charge in [0.05, 0.1) is 0 Å². The molecule has 1 amide bonds. The topological polar surface area (TPSA) is 47.6 Å². The summed E-state index contributed by atoms with van der Waals surface area (Å²) in [7, 11) is 0. The Balaban J connectivity index is 2.09. The standard InChI is InChI=1S/C9H8BrNO3/c10-9(12)11-4-6-1-2-7-8(3-6)14-5-13-7/h1-3H,4-5H2,(H,11,12). The third-order valence-corrected chi connectivity index (χ3v) is 2.15. The number of benzene rings is 1. The van der Waals surface area contributed by atoms with Gasteiger partial charge in [-0.3, -0.25) is 4.79 Å². The summed E-state index contributed by atoms with van der Waals surface area (Å²) in [4.78, 5) is 10.4. The van der Waals surface area contributed by atoms with Gasteiger partial charge < -0.3 is 14.8 Å². The maximum atomic E-state index is 10.6. The van der Waals surface area contributed by atoms with Gasteiger partial charge in [-0.2, -0.15) is 0 Å². The second-order valence-electron chi connectivity index (χ2n) is 2.81. The monoisotopic (exact) mass is 257 g/mol. The summed E-state index contributed by atoms with van der Waals surface area (Å²) < 4.78 is 10.4. The molecule has 1 aliphatic heterocycles. The van der Waals surface area contributed by atoms with Crippen LogP contribution in [-0.2, 0) is 6.54 Å². The number of carbonyl (C=O) groups excluding carboxylic acids is 1. The molecule has 74 valence electrons. The van der Waals surface area contributed by atoms with Crippen molar-refractivity contribution in [1.29, 1.82) is 0 Å². The van der Waals surface area contributed by atoms with Crippen molar-refractivity contribution in [2.75, 3.05) is 6.79 Å². The Morgan fingerprint density at radius 1 is 1.43 bits per heavy atom. The van der Waals surface area contributed by atoms with Crippen molar-refractivity contribution in [3.63, 3.8) is 0 Å². The van der Waals surface area contributed by atoms with Gasteiger partial charge in [-0.15, -0.1) is 0 Å². The van der Waals surface area contributed by atoms with Crippen molar-refractivity contribution in [3.05, 3.63) is 23.8 Å². The number of carbonyl (C=O) groups is 1. The molecular formula is C9H8BrNO3. The molecule has 1 N–H and O–H groups in total. The van der Waals surface area contributed by atoms with E-state index in [2.05, 4.69) is 21.2 Å². The average Bonchev–Trinajstić information content (AvgIpc) is 2.61. The van der Waals surface area contributed by atoms with Crippen molar-refractivity contribution in [2.45, 2.75) is 6.54 Å². The van der Waals surface area contributed by atoms with Crippen LogP contribution in [-0.4, -0.2) is 11.6 Å². The van der Waals surface area contributed by atoms with Gasteiger partial charge in [-0.05, 0) is 17.7 Å². The third kappa shape index (κ3) is 1.98. The highest BCUT2D eigenvalue weighted by Gasteiger charge is 2.12. The van der Waals surface area contributed by atoms with E-state index in [4.69, 9.17) is 9.47 Å². The molecule has 0 unspecified atom stereocenters. The van der Waals surface area contributed by atoms with Crippen LogP contribution in [0.15, 0.2) is 18.2 Å². The zero-order chi connectivity index (χ0) is 9.97. The van der Waals surface area contributed by atoms with Crippen LogP contribution >= 0.6 is 15.9 Å². The Morgan fingerprint density at radius 3 is 3.00 bits per heavy atom. The summed E-state index contributed by atoms with van der Waals surface area (Å²) in [6.45, 7) is 0.740. The molecule has 1 aliphatic rings. The Hall–Kier alpha value is -1.23. The number of rotatable bonds is 2. The number of amides is 1. The van der Waals surface area contributed by atoms with Crippen LogP contribution in [0.2, 0.25) is 0 Å². The zero-order valence-corrected chi connectivity index (χ0v) is 8.83. The molecular weight excluding hydrogens is 250 g/mol. The maximum Gasteiger partial charge on any atom is 0.287 e. The number of hydrogen-bond donors (Lipinski definition) is 1. The quantitative estimate of drug-likeness (QED) is 0.652. The molecule has 2 rings (SSSR count). The van der Waals surface area contributed by atoms with E-state index in [9.17, 15) is 4.79 Å². The first-order chi connectivity index (χ1) is 6.75. The molecule has 0 spiro atoms. The smallest absolute Gasteiger partial charge is 0.287 e. The van der Waals surface area contributed by atoms with E-state index in [1.165, 1.54) is 0 Å². The van der Waals surface area contributed by atoms with Crippen LogP contribution in [0.1, 0.15) is 5.56 Å². The van der Waals surface area contributed by atoms with E-state index >= 15 is 0 Å². The molecule has 0 aliphatic carbocycles. The van der Waals surface area contributed by atoms with Crippen LogP contribution in [0, 0.1) is 0 Å². The normalized spacial score (nSPS) is 12.6. The fourth-order valence-corrected chi connectivity index (χ4v) is 1.36. The second-order valence-corrected chi connectivity index (χ2v) is 3.54. The number of hydrogen-bond acceptors (Lipinski definition) is 3. The summed E-state index contributed by atoms with van der Waals surface area (Å²) in [5.74, 6) is 1.48. The van der Waals surface area contributed by atoms with Gasteiger partial charge in [0.1, 0.15) is 0 Å². The number of ether oxygens (including phenoxy) is 2. The van der Waals surface area contributed by atoms with Crippen LogP contribution < -0.4 is 14.8 Å². The van der Waals surface area contributed by atoms with E-state index in [0.29, 0.717) is 6.54 Å². The fourth-order valence-electron chi connectivity index (χ4n) is 1.22. The van der Waals surface area contributed by atoms with Gasteiger partial charge in [-0.1, -0.05) is 6.07 Å². The SMILES string of the molecule is O=C(Br)NCc1ccc2c(c1)OCO2. The minimum atomic E-state index is -0.227. The molecule has 1 heterocycles. The van der Waals surface area contributed by atoms with Gasteiger partial charge in [0.25, 0.3) is 4.82 Å². The first kappa shape index (κ1) is 9.33. The summed E-state index contributed by atoms with van der Waals surface area (Å²) in [6, 6.07) is 5.57. The summed E-state index contributed by atoms with van der Waals surface area (Å²) in [5, 5.41) is 2.63. The average molecular weight is 258 g/mol. The van der Waals surface area contributed by atoms with E-state index in [1.807, 2.05) is 18.2 Å². The Labute approximate surface area is 89.3 Å². The minimum Gasteiger partial charge on any atom is -0.454 e. The highest BCUT2D eigenvalue weighted by Crippen LogP contribution is 2.32. The highest BCUT2D eigenvalue weighted by molar-refractivity contribution is 9.18. The number of nitrogens with one attached hydrogen (secondary N) is 1. The van der Waals surface area contributed by atoms with Gasteiger partial charge in [0.2, 0.25) is 6.79 Å². The molecule has 1 aromatic rings. The van der Waals surface area contributed by atoms with Crippen LogP contribution in [0.3, 0.4) is 0 Å². The molecule has 0 fully saturated rings. The largest absolute Gasteiger partial charge is 0.454 e. The third-order valence-electron chi connectivity index (χ3n) is 1.87. The lowest BCUT2D eigenvalue weighted by molar-refractivity contribution is 0.174. The Morgan fingerprint density at radius 2 is 2.21 bits per heavy atom. The number of halogens is 1. The Kier molecular flexibility index (Phi) is 2.58. The van der Waals surface area contributed by atoms with Crippen molar-refractivity contribution in [1.82, 2.24) is 5.32 Å². The lowest BCUT2D eigenvalue weighted by atomic mass is 10.2. The minimum absolute atomic E-state index is 0.227.